The summed E-state index contributed by atoms with van der Waals surface area (Å²) in [5.41, 5.74) is 2.14. The van der Waals surface area contributed by atoms with Crippen molar-refractivity contribution >= 4 is 17.3 Å². The van der Waals surface area contributed by atoms with Crippen LogP contribution in [0.4, 0.5) is 11.4 Å². The minimum Gasteiger partial charge on any atom is -0.497 e. The number of benzene rings is 3. The van der Waals surface area contributed by atoms with Crippen molar-refractivity contribution < 1.29 is 19.2 Å². The molecule has 33 heavy (non-hydrogen) atoms. The van der Waals surface area contributed by atoms with Gasteiger partial charge in [0.15, 0.2) is 5.82 Å². The Balaban J connectivity index is 1.64. The summed E-state index contributed by atoms with van der Waals surface area (Å²) in [6.07, 6.45) is 0. The Morgan fingerprint density at radius 2 is 1.76 bits per heavy atom. The molecule has 0 saturated heterocycles. The van der Waals surface area contributed by atoms with Crippen molar-refractivity contribution in [3.63, 3.8) is 0 Å². The molecule has 0 radical (unpaired) electrons. The highest BCUT2D eigenvalue weighted by atomic mass is 16.6. The molecule has 1 amide bonds. The second-order valence-electron chi connectivity index (χ2n) is 6.87. The van der Waals surface area contributed by atoms with Gasteiger partial charge in [0, 0.05) is 28.9 Å². The predicted octanol–water partition coefficient (Wildman–Crippen LogP) is 4.11. The van der Waals surface area contributed by atoms with Crippen molar-refractivity contribution in [3.8, 4) is 28.8 Å². The molecule has 10 heteroatoms. The van der Waals surface area contributed by atoms with Gasteiger partial charge in [-0.05, 0) is 42.5 Å². The van der Waals surface area contributed by atoms with Crippen LogP contribution in [0.3, 0.4) is 0 Å². The summed E-state index contributed by atoms with van der Waals surface area (Å²) in [6, 6.07) is 20.0. The third-order valence-corrected chi connectivity index (χ3v) is 4.79. The first-order chi connectivity index (χ1) is 16.0. The molecule has 1 N–H and O–H groups in total. The zero-order valence-electron chi connectivity index (χ0n) is 17.8. The number of rotatable bonds is 7. The average molecular weight is 445 g/mol. The van der Waals surface area contributed by atoms with Gasteiger partial charge in [-0.15, -0.1) is 5.10 Å². The SMILES string of the molecule is COc1cccc(-c2nc(OC)nn2-c2cccc(NC(=O)c3ccc([N+](=O)[O-])cc3)c2)c1. The molecule has 0 aliphatic carbocycles. The van der Waals surface area contributed by atoms with Gasteiger partial charge in [-0.25, -0.2) is 4.68 Å². The largest absolute Gasteiger partial charge is 0.497 e. The van der Waals surface area contributed by atoms with Gasteiger partial charge in [-0.1, -0.05) is 18.2 Å². The Bertz CT molecular complexity index is 1320. The number of methoxy groups -OCH3 is 2. The molecule has 0 unspecified atom stereocenters. The molecule has 0 saturated carbocycles. The van der Waals surface area contributed by atoms with Crippen molar-refractivity contribution in [1.82, 2.24) is 14.8 Å². The summed E-state index contributed by atoms with van der Waals surface area (Å²) in [5, 5.41) is 18.0. The molecular weight excluding hydrogens is 426 g/mol. The highest BCUT2D eigenvalue weighted by Crippen LogP contribution is 2.27. The van der Waals surface area contributed by atoms with Gasteiger partial charge in [-0.3, -0.25) is 14.9 Å². The highest BCUT2D eigenvalue weighted by Gasteiger charge is 2.16. The fourth-order valence-corrected chi connectivity index (χ4v) is 3.16. The fourth-order valence-electron chi connectivity index (χ4n) is 3.16. The van der Waals surface area contributed by atoms with E-state index in [0.29, 0.717) is 28.5 Å². The lowest BCUT2D eigenvalue weighted by Crippen LogP contribution is -2.12. The molecule has 1 aromatic heterocycles. The predicted molar refractivity (Wildman–Crippen MR) is 121 cm³/mol. The molecule has 166 valence electrons. The van der Waals surface area contributed by atoms with Gasteiger partial charge in [-0.2, -0.15) is 4.98 Å². The van der Waals surface area contributed by atoms with Gasteiger partial charge in [0.1, 0.15) is 5.75 Å². The maximum atomic E-state index is 12.6. The van der Waals surface area contributed by atoms with Gasteiger partial charge < -0.3 is 14.8 Å². The molecule has 4 rings (SSSR count). The Morgan fingerprint density at radius 3 is 2.45 bits per heavy atom. The second-order valence-corrected chi connectivity index (χ2v) is 6.87. The first-order valence-electron chi connectivity index (χ1n) is 9.80. The van der Waals surface area contributed by atoms with Crippen LogP contribution in [-0.4, -0.2) is 39.8 Å². The van der Waals surface area contributed by atoms with E-state index in [9.17, 15) is 14.9 Å². The van der Waals surface area contributed by atoms with Gasteiger partial charge in [0.05, 0.1) is 24.8 Å². The third-order valence-electron chi connectivity index (χ3n) is 4.79. The van der Waals surface area contributed by atoms with Crippen LogP contribution < -0.4 is 14.8 Å². The number of carbonyl (C=O) groups excluding carboxylic acids is 1. The van der Waals surface area contributed by atoms with Crippen molar-refractivity contribution in [2.75, 3.05) is 19.5 Å². The van der Waals surface area contributed by atoms with Crippen LogP contribution in [0.1, 0.15) is 10.4 Å². The van der Waals surface area contributed by atoms with Crippen LogP contribution in [0.25, 0.3) is 17.1 Å². The molecule has 0 atom stereocenters. The summed E-state index contributed by atoms with van der Waals surface area (Å²) >= 11 is 0. The van der Waals surface area contributed by atoms with Crippen molar-refractivity contribution in [3.05, 3.63) is 88.5 Å². The Labute approximate surface area is 188 Å². The zero-order chi connectivity index (χ0) is 23.4. The van der Waals surface area contributed by atoms with E-state index in [1.165, 1.54) is 31.4 Å². The van der Waals surface area contributed by atoms with E-state index in [4.69, 9.17) is 9.47 Å². The quantitative estimate of drug-likeness (QED) is 0.335. The van der Waals surface area contributed by atoms with Crippen LogP contribution >= 0.6 is 0 Å². The number of amides is 1. The maximum absolute atomic E-state index is 12.6. The number of non-ortho nitro benzene ring substituents is 1. The number of nitrogens with one attached hydrogen (secondary N) is 1. The second kappa shape index (κ2) is 9.18. The Morgan fingerprint density at radius 1 is 1.00 bits per heavy atom. The van der Waals surface area contributed by atoms with E-state index in [2.05, 4.69) is 15.4 Å². The minimum absolute atomic E-state index is 0.0845. The summed E-state index contributed by atoms with van der Waals surface area (Å²) < 4.78 is 12.1. The third kappa shape index (κ3) is 4.64. The molecule has 3 aromatic carbocycles. The van der Waals surface area contributed by atoms with Crippen LogP contribution in [0.5, 0.6) is 11.8 Å². The normalized spacial score (nSPS) is 10.5. The molecule has 0 spiro atoms. The maximum Gasteiger partial charge on any atom is 0.336 e. The van der Waals surface area contributed by atoms with E-state index >= 15 is 0 Å². The van der Waals surface area contributed by atoms with Crippen LogP contribution in [-0.2, 0) is 0 Å². The monoisotopic (exact) mass is 445 g/mol. The lowest BCUT2D eigenvalue weighted by Gasteiger charge is -2.10. The van der Waals surface area contributed by atoms with Crippen molar-refractivity contribution in [2.45, 2.75) is 0 Å². The number of carbonyl (C=O) groups is 1. The topological polar surface area (TPSA) is 121 Å². The molecule has 10 nitrogen and oxygen atoms in total. The number of nitro benzene ring substituents is 1. The Hall–Kier alpha value is -4.73. The summed E-state index contributed by atoms with van der Waals surface area (Å²) in [6.45, 7) is 0. The highest BCUT2D eigenvalue weighted by molar-refractivity contribution is 6.04. The number of hydrogen-bond acceptors (Lipinski definition) is 7. The van der Waals surface area contributed by atoms with E-state index < -0.39 is 10.8 Å². The van der Waals surface area contributed by atoms with E-state index in [0.717, 1.165) is 5.56 Å². The summed E-state index contributed by atoms with van der Waals surface area (Å²) in [4.78, 5) is 27.3. The smallest absolute Gasteiger partial charge is 0.336 e. The fraction of sp³-hybridized carbons (Fsp3) is 0.0870. The average Bonchev–Trinajstić information content (AvgIpc) is 3.29. The molecule has 0 aliphatic rings. The number of aromatic nitrogens is 3. The lowest BCUT2D eigenvalue weighted by atomic mass is 10.2. The van der Waals surface area contributed by atoms with Gasteiger partial charge >= 0.3 is 6.01 Å². The zero-order valence-corrected chi connectivity index (χ0v) is 17.8. The first-order valence-corrected chi connectivity index (χ1v) is 9.80. The minimum atomic E-state index is -0.516. The molecular formula is C23H19N5O5. The number of hydrogen-bond donors (Lipinski definition) is 1. The first kappa shape index (κ1) is 21.5. The summed E-state index contributed by atoms with van der Waals surface area (Å²) in [5.74, 6) is 0.806. The summed E-state index contributed by atoms with van der Waals surface area (Å²) in [7, 11) is 3.07. The molecule has 1 heterocycles. The Kier molecular flexibility index (Phi) is 5.98. The molecule has 0 fully saturated rings. The molecule has 4 aromatic rings. The van der Waals surface area contributed by atoms with E-state index in [1.54, 1.807) is 30.0 Å². The van der Waals surface area contributed by atoms with Crippen LogP contribution in [0.2, 0.25) is 0 Å². The standard InChI is InChI=1S/C23H19N5O5/c1-32-20-8-3-5-16(13-20)21-25-23(33-2)26-27(21)19-7-4-6-17(14-19)24-22(29)15-9-11-18(12-10-15)28(30)31/h3-14H,1-2H3,(H,24,29). The van der Waals surface area contributed by atoms with Crippen molar-refractivity contribution in [1.29, 1.82) is 0 Å². The van der Waals surface area contributed by atoms with E-state index in [-0.39, 0.29) is 11.7 Å². The number of nitrogens with zero attached hydrogens (tertiary/aromatic N) is 4. The lowest BCUT2D eigenvalue weighted by molar-refractivity contribution is -0.384. The van der Waals surface area contributed by atoms with E-state index in [1.807, 2.05) is 30.3 Å². The van der Waals surface area contributed by atoms with Gasteiger partial charge in [0.2, 0.25) is 0 Å². The number of anilines is 1. The number of ether oxygens (including phenoxy) is 2. The van der Waals surface area contributed by atoms with Crippen molar-refractivity contribution in [2.24, 2.45) is 0 Å². The molecule has 0 aliphatic heterocycles. The molecule has 0 bridgehead atoms. The van der Waals surface area contributed by atoms with Gasteiger partial charge in [0.25, 0.3) is 11.6 Å². The van der Waals surface area contributed by atoms with Crippen LogP contribution in [0.15, 0.2) is 72.8 Å². The number of nitro groups is 1. The van der Waals surface area contributed by atoms with Crippen LogP contribution in [0, 0.1) is 10.1 Å².